The van der Waals surface area contributed by atoms with Crippen molar-refractivity contribution in [2.75, 3.05) is 23.7 Å². The minimum Gasteiger partial charge on any atom is -0.369 e. The molecule has 1 aliphatic rings. The van der Waals surface area contributed by atoms with Crippen molar-refractivity contribution in [3.05, 3.63) is 83.9 Å². The van der Waals surface area contributed by atoms with Gasteiger partial charge in [0, 0.05) is 42.5 Å². The Morgan fingerprint density at radius 1 is 0.857 bits per heavy atom. The molecule has 1 heterocycles. The second kappa shape index (κ2) is 12.7. The van der Waals surface area contributed by atoms with Crippen LogP contribution >= 0.6 is 0 Å². The van der Waals surface area contributed by atoms with Gasteiger partial charge in [0.15, 0.2) is 0 Å². The Morgan fingerprint density at radius 3 is 2.05 bits per heavy atom. The second-order valence-corrected chi connectivity index (χ2v) is 13.0. The van der Waals surface area contributed by atoms with Crippen molar-refractivity contribution < 1.29 is 26.4 Å². The zero-order chi connectivity index (χ0) is 30.5. The monoisotopic (exact) mass is 613 g/mol. The molecule has 3 aromatic rings. The van der Waals surface area contributed by atoms with Crippen LogP contribution in [0.5, 0.6) is 0 Å². The lowest BCUT2D eigenvalue weighted by atomic mass is 9.95. The molecule has 15 heteroatoms. The molecule has 0 radical (unpaired) electrons. The number of urea groups is 1. The minimum absolute atomic E-state index is 0.0271. The van der Waals surface area contributed by atoms with E-state index in [9.17, 15) is 26.4 Å². The number of primary sulfonamides is 1. The number of likely N-dealkylation sites (tertiary alicyclic amines) is 1. The molecular weight excluding hydrogens is 582 g/mol. The molecule has 1 saturated heterocycles. The van der Waals surface area contributed by atoms with Crippen LogP contribution in [0.3, 0.4) is 0 Å². The normalized spacial score (nSPS) is 14.3. The predicted octanol–water partition coefficient (Wildman–Crippen LogP) is 1.98. The molecule has 3 aromatic carbocycles. The number of hydrogen-bond donors (Lipinski definition) is 6. The number of carbonyl (C=O) groups excluding carboxylic acids is 2. The lowest BCUT2D eigenvalue weighted by Crippen LogP contribution is -2.41. The molecule has 8 N–H and O–H groups in total. The third-order valence-corrected chi connectivity index (χ3v) is 9.09. The molecule has 42 heavy (non-hydrogen) atoms. The van der Waals surface area contributed by atoms with E-state index in [4.69, 9.17) is 16.3 Å². The Hall–Kier alpha value is -4.31. The second-order valence-electron chi connectivity index (χ2n) is 9.71. The fraction of sp³-hybridized carbons (Fsp3) is 0.222. The van der Waals surface area contributed by atoms with Crippen LogP contribution in [0.15, 0.2) is 82.6 Å². The predicted molar refractivity (Wildman–Crippen MR) is 158 cm³/mol. The number of anilines is 2. The minimum atomic E-state index is -3.89. The number of primary amides is 1. The highest BCUT2D eigenvalue weighted by atomic mass is 32.2. The quantitative estimate of drug-likeness (QED) is 0.156. The van der Waals surface area contributed by atoms with E-state index in [2.05, 4.69) is 15.4 Å². The summed E-state index contributed by atoms with van der Waals surface area (Å²) in [5.41, 5.74) is 7.34. The molecule has 0 aliphatic carbocycles. The number of benzene rings is 3. The van der Waals surface area contributed by atoms with E-state index in [0.717, 1.165) is 0 Å². The molecule has 0 saturated carbocycles. The van der Waals surface area contributed by atoms with Gasteiger partial charge in [0.2, 0.25) is 26.0 Å². The van der Waals surface area contributed by atoms with Crippen molar-refractivity contribution in [2.24, 2.45) is 16.8 Å². The number of amidine groups is 1. The SMILES string of the molecule is N=C(c1cccc(NC(=O)Nc2ccc(S(=O)(=O)NCc3ccc(S(N)(=O)=O)cc3)cc2)c1)N1CCC(C(N)=O)CC1. The van der Waals surface area contributed by atoms with Gasteiger partial charge < -0.3 is 21.3 Å². The molecule has 0 bridgehead atoms. The molecule has 1 fully saturated rings. The van der Waals surface area contributed by atoms with Gasteiger partial charge in [-0.25, -0.2) is 31.5 Å². The maximum atomic E-state index is 12.7. The lowest BCUT2D eigenvalue weighted by Gasteiger charge is -2.32. The highest BCUT2D eigenvalue weighted by Gasteiger charge is 2.25. The number of sulfonamides is 2. The summed E-state index contributed by atoms with van der Waals surface area (Å²) in [6, 6.07) is 17.3. The summed E-state index contributed by atoms with van der Waals surface area (Å²) in [5.74, 6) is -0.215. The Bertz CT molecular complexity index is 1690. The third kappa shape index (κ3) is 7.91. The highest BCUT2D eigenvalue weighted by Crippen LogP contribution is 2.21. The first-order valence-electron chi connectivity index (χ1n) is 12.8. The average Bonchev–Trinajstić information content (AvgIpc) is 2.96. The molecular formula is C27H31N7O6S2. The van der Waals surface area contributed by atoms with Gasteiger partial charge in [-0.3, -0.25) is 10.2 Å². The summed E-state index contributed by atoms with van der Waals surface area (Å²) in [6.45, 7) is 1.01. The standard InChI is InChI=1S/C27H31N7O6S2/c28-25(34-14-12-19(13-15-34)26(29)35)20-2-1-3-22(16-20)33-27(36)32-21-6-10-24(11-7-21)42(39,40)31-17-18-4-8-23(9-5-18)41(30,37)38/h1-11,16,19,28,31H,12-15,17H2,(H2,29,35)(H2,30,37,38)(H2,32,33,36). The lowest BCUT2D eigenvalue weighted by molar-refractivity contribution is -0.122. The zero-order valence-electron chi connectivity index (χ0n) is 22.4. The fourth-order valence-electron chi connectivity index (χ4n) is 4.38. The summed E-state index contributed by atoms with van der Waals surface area (Å²) in [7, 11) is -7.73. The van der Waals surface area contributed by atoms with Crippen LogP contribution in [0.25, 0.3) is 0 Å². The van der Waals surface area contributed by atoms with Gasteiger partial charge in [-0.1, -0.05) is 24.3 Å². The smallest absolute Gasteiger partial charge is 0.323 e. The van der Waals surface area contributed by atoms with Crippen molar-refractivity contribution in [1.29, 1.82) is 5.41 Å². The molecule has 0 spiro atoms. The summed E-state index contributed by atoms with van der Waals surface area (Å²) >= 11 is 0. The average molecular weight is 614 g/mol. The van der Waals surface area contributed by atoms with E-state index in [1.807, 2.05) is 4.90 Å². The maximum Gasteiger partial charge on any atom is 0.323 e. The molecule has 222 valence electrons. The maximum absolute atomic E-state index is 12.7. The van der Waals surface area contributed by atoms with Crippen LogP contribution in [0, 0.1) is 11.3 Å². The summed E-state index contributed by atoms with van der Waals surface area (Å²) in [5, 5.41) is 19.0. The van der Waals surface area contributed by atoms with Crippen LogP contribution in [0.2, 0.25) is 0 Å². The Labute approximate surface area is 243 Å². The third-order valence-electron chi connectivity index (χ3n) is 6.75. The first-order valence-corrected chi connectivity index (χ1v) is 15.9. The molecule has 13 nitrogen and oxygen atoms in total. The summed E-state index contributed by atoms with van der Waals surface area (Å²) in [4.78, 5) is 25.8. The fourth-order valence-corrected chi connectivity index (χ4v) is 5.92. The van der Waals surface area contributed by atoms with E-state index in [1.54, 1.807) is 24.3 Å². The molecule has 1 aliphatic heterocycles. The van der Waals surface area contributed by atoms with Crippen molar-refractivity contribution in [1.82, 2.24) is 9.62 Å². The Kier molecular flexibility index (Phi) is 9.26. The molecule has 0 unspecified atom stereocenters. The van der Waals surface area contributed by atoms with E-state index >= 15 is 0 Å². The van der Waals surface area contributed by atoms with Gasteiger partial charge in [0.1, 0.15) is 5.84 Å². The van der Waals surface area contributed by atoms with Gasteiger partial charge in [0.05, 0.1) is 9.79 Å². The van der Waals surface area contributed by atoms with Crippen LogP contribution in [0.4, 0.5) is 16.2 Å². The first kappa shape index (κ1) is 30.6. The molecule has 0 aromatic heterocycles. The van der Waals surface area contributed by atoms with Gasteiger partial charge in [-0.2, -0.15) is 0 Å². The van der Waals surface area contributed by atoms with E-state index in [-0.39, 0.29) is 34.0 Å². The van der Waals surface area contributed by atoms with Crippen LogP contribution in [-0.2, 0) is 31.4 Å². The van der Waals surface area contributed by atoms with E-state index in [1.165, 1.54) is 48.5 Å². The zero-order valence-corrected chi connectivity index (χ0v) is 24.0. The number of nitrogens with two attached hydrogens (primary N) is 2. The van der Waals surface area contributed by atoms with Crippen molar-refractivity contribution in [2.45, 2.75) is 29.2 Å². The molecule has 4 rings (SSSR count). The van der Waals surface area contributed by atoms with Crippen molar-refractivity contribution >= 4 is 49.2 Å². The van der Waals surface area contributed by atoms with Gasteiger partial charge in [-0.15, -0.1) is 0 Å². The molecule has 0 atom stereocenters. The van der Waals surface area contributed by atoms with Gasteiger partial charge in [-0.05, 0) is 66.9 Å². The van der Waals surface area contributed by atoms with Gasteiger partial charge in [0.25, 0.3) is 0 Å². The first-order chi connectivity index (χ1) is 19.8. The van der Waals surface area contributed by atoms with Crippen LogP contribution < -0.4 is 26.2 Å². The van der Waals surface area contributed by atoms with Crippen molar-refractivity contribution in [3.63, 3.8) is 0 Å². The number of carbonyl (C=O) groups is 2. The van der Waals surface area contributed by atoms with Crippen LogP contribution in [0.1, 0.15) is 24.0 Å². The van der Waals surface area contributed by atoms with Crippen LogP contribution in [-0.4, -0.2) is 52.6 Å². The van der Waals surface area contributed by atoms with Crippen molar-refractivity contribution in [3.8, 4) is 0 Å². The number of amides is 3. The molecule has 3 amide bonds. The number of nitrogens with one attached hydrogen (secondary N) is 4. The largest absolute Gasteiger partial charge is 0.369 e. The number of piperidine rings is 1. The summed E-state index contributed by atoms with van der Waals surface area (Å²) in [6.07, 6.45) is 1.18. The van der Waals surface area contributed by atoms with E-state index < -0.39 is 26.1 Å². The summed E-state index contributed by atoms with van der Waals surface area (Å²) < 4.78 is 50.5. The van der Waals surface area contributed by atoms with E-state index in [0.29, 0.717) is 48.4 Å². The Morgan fingerprint density at radius 2 is 1.45 bits per heavy atom. The number of nitrogens with zero attached hydrogens (tertiary/aromatic N) is 1. The number of hydrogen-bond acceptors (Lipinski definition) is 7. The Balaban J connectivity index is 1.31. The highest BCUT2D eigenvalue weighted by molar-refractivity contribution is 7.89. The number of rotatable bonds is 9. The topological polar surface area (TPSA) is 218 Å². The van der Waals surface area contributed by atoms with Gasteiger partial charge >= 0.3 is 6.03 Å².